The van der Waals surface area contributed by atoms with E-state index in [1.54, 1.807) is 12.1 Å². The van der Waals surface area contributed by atoms with Crippen LogP contribution in [-0.4, -0.2) is 0 Å². The third kappa shape index (κ3) is 2.86. The minimum Gasteiger partial charge on any atom is -0.202 e. The Morgan fingerprint density at radius 3 is 1.65 bits per heavy atom. The summed E-state index contributed by atoms with van der Waals surface area (Å²) in [5.41, 5.74) is 1.95. The molecule has 0 aromatic heterocycles. The molecule has 0 aliphatic heterocycles. The minimum absolute atomic E-state index is 0.0343. The van der Waals surface area contributed by atoms with Crippen LogP contribution >= 0.6 is 12.6 Å². The first-order valence-corrected chi connectivity index (χ1v) is 5.69. The molecule has 88 valence electrons. The number of hydrogen-bond acceptors (Lipinski definition) is 1. The van der Waals surface area contributed by atoms with E-state index in [-0.39, 0.29) is 5.56 Å². The lowest BCUT2D eigenvalue weighted by molar-refractivity contribution is 0.0175. The average Bonchev–Trinajstić information content (AvgIpc) is 2.29. The molecule has 2 aromatic carbocycles. The number of alkyl halides is 2. The van der Waals surface area contributed by atoms with E-state index in [1.807, 2.05) is 24.3 Å². The van der Waals surface area contributed by atoms with Gasteiger partial charge in [-0.05, 0) is 23.3 Å². The van der Waals surface area contributed by atoms with Crippen LogP contribution in [0.5, 0.6) is 0 Å². The van der Waals surface area contributed by atoms with Gasteiger partial charge in [0.1, 0.15) is 0 Å². The zero-order chi connectivity index (χ0) is 12.5. The number of benzene rings is 2. The Kier molecular flexibility index (Phi) is 3.20. The summed E-state index contributed by atoms with van der Waals surface area (Å²) in [5.74, 6) is -2.78. The van der Waals surface area contributed by atoms with Crippen LogP contribution in [-0.2, 0) is 5.92 Å². The first-order chi connectivity index (χ1) is 7.97. The van der Waals surface area contributed by atoms with E-state index in [9.17, 15) is 8.78 Å². The summed E-state index contributed by atoms with van der Waals surface area (Å²) in [7, 11) is 0. The van der Waals surface area contributed by atoms with Crippen molar-refractivity contribution in [1.29, 1.82) is 0 Å². The molecule has 0 heterocycles. The molecule has 0 atom stereocenters. The third-order valence-corrected chi connectivity index (χ3v) is 2.89. The smallest absolute Gasteiger partial charge is 0.202 e. The molecule has 0 radical (unpaired) electrons. The van der Waals surface area contributed by atoms with E-state index in [0.29, 0.717) is 0 Å². The fraction of sp³-hybridized carbons (Fsp3) is 0.143. The lowest BCUT2D eigenvalue weighted by atomic mass is 10.0. The zero-order valence-corrected chi connectivity index (χ0v) is 10.2. The second kappa shape index (κ2) is 4.49. The predicted molar refractivity (Wildman–Crippen MR) is 68.7 cm³/mol. The van der Waals surface area contributed by atoms with Crippen LogP contribution in [0, 0.1) is 0 Å². The maximum atomic E-state index is 13.0. The number of halogens is 2. The molecule has 2 aromatic rings. The van der Waals surface area contributed by atoms with Crippen molar-refractivity contribution in [3.63, 3.8) is 0 Å². The molecular formula is C14H12F2S. The molecule has 0 saturated carbocycles. The summed E-state index contributed by atoms with van der Waals surface area (Å²) in [6, 6.07) is 13.9. The maximum absolute atomic E-state index is 13.0. The number of rotatable bonds is 2. The second-order valence-electron chi connectivity index (χ2n) is 4.01. The van der Waals surface area contributed by atoms with Crippen molar-refractivity contribution in [2.75, 3.05) is 0 Å². The molecule has 0 bridgehead atoms. The van der Waals surface area contributed by atoms with Gasteiger partial charge in [-0.2, -0.15) is 0 Å². The molecule has 0 fully saturated rings. The summed E-state index contributed by atoms with van der Waals surface area (Å²) in [6.07, 6.45) is 0. The highest BCUT2D eigenvalue weighted by molar-refractivity contribution is 7.80. The normalized spacial score (nSPS) is 11.5. The number of hydrogen-bond donors (Lipinski definition) is 1. The van der Waals surface area contributed by atoms with Crippen LogP contribution in [0.4, 0.5) is 8.78 Å². The van der Waals surface area contributed by atoms with E-state index in [2.05, 4.69) is 12.6 Å². The van der Waals surface area contributed by atoms with Crippen molar-refractivity contribution in [2.45, 2.75) is 17.7 Å². The van der Waals surface area contributed by atoms with Crippen LogP contribution < -0.4 is 0 Å². The van der Waals surface area contributed by atoms with Gasteiger partial charge in [-0.15, -0.1) is 12.6 Å². The van der Waals surface area contributed by atoms with Gasteiger partial charge in [0, 0.05) is 17.4 Å². The Morgan fingerprint density at radius 2 is 1.24 bits per heavy atom. The van der Waals surface area contributed by atoms with Crippen LogP contribution in [0.1, 0.15) is 12.5 Å². The van der Waals surface area contributed by atoms with E-state index >= 15 is 0 Å². The summed E-state index contributed by atoms with van der Waals surface area (Å²) >= 11 is 4.20. The van der Waals surface area contributed by atoms with Crippen molar-refractivity contribution in [2.24, 2.45) is 0 Å². The van der Waals surface area contributed by atoms with E-state index in [4.69, 9.17) is 0 Å². The monoisotopic (exact) mass is 250 g/mol. The van der Waals surface area contributed by atoms with Gasteiger partial charge in [0.2, 0.25) is 0 Å². The van der Waals surface area contributed by atoms with E-state index < -0.39 is 5.92 Å². The Labute approximate surface area is 105 Å². The standard InChI is InChI=1S/C14H12F2S/c1-14(15,16)12-6-2-10(3-7-12)11-4-8-13(17)9-5-11/h2-9,17H,1H3. The largest absolute Gasteiger partial charge is 0.270 e. The van der Waals surface area contributed by atoms with Gasteiger partial charge in [0.15, 0.2) is 0 Å². The lowest BCUT2D eigenvalue weighted by Gasteiger charge is -2.11. The third-order valence-electron chi connectivity index (χ3n) is 2.59. The molecule has 3 heteroatoms. The Hall–Kier alpha value is -1.35. The predicted octanol–water partition coefficient (Wildman–Crippen LogP) is 4.75. The average molecular weight is 250 g/mol. The Bertz CT molecular complexity index is 495. The van der Waals surface area contributed by atoms with Gasteiger partial charge in [-0.25, -0.2) is 8.78 Å². The molecule has 2 rings (SSSR count). The van der Waals surface area contributed by atoms with Crippen molar-refractivity contribution in [1.82, 2.24) is 0 Å². The van der Waals surface area contributed by atoms with Crippen LogP contribution in [0.3, 0.4) is 0 Å². The fourth-order valence-corrected chi connectivity index (χ4v) is 1.76. The van der Waals surface area contributed by atoms with Crippen LogP contribution in [0.15, 0.2) is 53.4 Å². The highest BCUT2D eigenvalue weighted by atomic mass is 32.1. The van der Waals surface area contributed by atoms with Crippen molar-refractivity contribution in [3.05, 3.63) is 54.1 Å². The fourth-order valence-electron chi connectivity index (χ4n) is 1.61. The maximum Gasteiger partial charge on any atom is 0.270 e. The van der Waals surface area contributed by atoms with Gasteiger partial charge in [0.05, 0.1) is 0 Å². The van der Waals surface area contributed by atoms with Gasteiger partial charge in [-0.1, -0.05) is 36.4 Å². The molecular weight excluding hydrogens is 238 g/mol. The Morgan fingerprint density at radius 1 is 0.824 bits per heavy atom. The summed E-state index contributed by atoms with van der Waals surface area (Å²) < 4.78 is 26.1. The Balaban J connectivity index is 2.33. The van der Waals surface area contributed by atoms with Crippen molar-refractivity contribution >= 4 is 12.6 Å². The molecule has 0 unspecified atom stereocenters. The quantitative estimate of drug-likeness (QED) is 0.730. The van der Waals surface area contributed by atoms with Crippen LogP contribution in [0.25, 0.3) is 11.1 Å². The molecule has 0 amide bonds. The summed E-state index contributed by atoms with van der Waals surface area (Å²) in [4.78, 5) is 0.880. The van der Waals surface area contributed by atoms with E-state index in [0.717, 1.165) is 22.9 Å². The van der Waals surface area contributed by atoms with Gasteiger partial charge < -0.3 is 0 Å². The van der Waals surface area contributed by atoms with Crippen LogP contribution in [0.2, 0.25) is 0 Å². The second-order valence-corrected chi connectivity index (χ2v) is 4.53. The molecule has 0 N–H and O–H groups in total. The lowest BCUT2D eigenvalue weighted by Crippen LogP contribution is -2.06. The molecule has 0 saturated heterocycles. The topological polar surface area (TPSA) is 0 Å². The first kappa shape index (κ1) is 12.1. The highest BCUT2D eigenvalue weighted by Crippen LogP contribution is 2.29. The van der Waals surface area contributed by atoms with E-state index in [1.165, 1.54) is 12.1 Å². The SMILES string of the molecule is CC(F)(F)c1ccc(-c2ccc(S)cc2)cc1. The summed E-state index contributed by atoms with van der Waals surface area (Å²) in [6.45, 7) is 0.900. The van der Waals surface area contributed by atoms with Gasteiger partial charge >= 0.3 is 0 Å². The summed E-state index contributed by atoms with van der Waals surface area (Å²) in [5, 5.41) is 0. The van der Waals surface area contributed by atoms with Gasteiger partial charge in [-0.3, -0.25) is 0 Å². The first-order valence-electron chi connectivity index (χ1n) is 5.24. The zero-order valence-electron chi connectivity index (χ0n) is 9.32. The number of thiol groups is 1. The highest BCUT2D eigenvalue weighted by Gasteiger charge is 2.23. The molecule has 0 aliphatic rings. The van der Waals surface area contributed by atoms with Crippen molar-refractivity contribution in [3.8, 4) is 11.1 Å². The molecule has 0 spiro atoms. The minimum atomic E-state index is -2.78. The van der Waals surface area contributed by atoms with Crippen molar-refractivity contribution < 1.29 is 8.78 Å². The molecule has 0 nitrogen and oxygen atoms in total. The van der Waals surface area contributed by atoms with Gasteiger partial charge in [0.25, 0.3) is 5.92 Å². The molecule has 17 heavy (non-hydrogen) atoms. The molecule has 0 aliphatic carbocycles.